The monoisotopic (exact) mass is 301 g/mol. The van der Waals surface area contributed by atoms with Crippen LogP contribution in [0.4, 0.5) is 5.69 Å². The maximum atomic E-state index is 12.2. The minimum absolute atomic E-state index is 0.202. The first-order valence-electron chi connectivity index (χ1n) is 6.85. The molecule has 0 bridgehead atoms. The summed E-state index contributed by atoms with van der Waals surface area (Å²) in [7, 11) is 0. The Bertz CT molecular complexity index is 835. The van der Waals surface area contributed by atoms with Crippen LogP contribution in [0, 0.1) is 13.8 Å². The molecule has 2 heterocycles. The molecule has 0 aliphatic rings. The number of nitrogens with one attached hydrogen (secondary N) is 1. The van der Waals surface area contributed by atoms with Gasteiger partial charge in [-0.05, 0) is 32.0 Å². The van der Waals surface area contributed by atoms with Gasteiger partial charge in [0.15, 0.2) is 11.5 Å². The van der Waals surface area contributed by atoms with Gasteiger partial charge in [-0.25, -0.2) is 4.98 Å². The summed E-state index contributed by atoms with van der Waals surface area (Å²) in [6.45, 7) is 5.74. The highest BCUT2D eigenvalue weighted by atomic mass is 16.6. The van der Waals surface area contributed by atoms with Gasteiger partial charge in [0.2, 0.25) is 5.76 Å². The molecule has 0 radical (unpaired) electrons. The Kier molecular flexibility index (Phi) is 3.54. The molecule has 0 aliphatic carbocycles. The number of oxazole rings is 2. The summed E-state index contributed by atoms with van der Waals surface area (Å²) in [6.07, 6.45) is 0.211. The molecule has 0 atom stereocenters. The number of rotatable bonds is 4. The summed E-state index contributed by atoms with van der Waals surface area (Å²) in [5.74, 6) is 0.301. The molecule has 0 spiro atoms. The fourth-order valence-electron chi connectivity index (χ4n) is 2.10. The fraction of sp³-hybridized carbons (Fsp3) is 0.267. The topological polar surface area (TPSA) is 90.4 Å². The highest BCUT2D eigenvalue weighted by Crippen LogP contribution is 2.24. The number of carbonyl (C=O) groups excluding carboxylic acids is 1. The minimum atomic E-state index is -0.356. The molecule has 2 aromatic heterocycles. The van der Waals surface area contributed by atoms with Crippen LogP contribution >= 0.6 is 0 Å². The van der Waals surface area contributed by atoms with Gasteiger partial charge >= 0.3 is 6.08 Å². The summed E-state index contributed by atoms with van der Waals surface area (Å²) in [6, 6.07) is 5.15. The van der Waals surface area contributed by atoms with Gasteiger partial charge in [0.25, 0.3) is 5.91 Å². The van der Waals surface area contributed by atoms with Crippen molar-refractivity contribution < 1.29 is 18.4 Å². The van der Waals surface area contributed by atoms with Gasteiger partial charge in [0.1, 0.15) is 5.52 Å². The summed E-state index contributed by atoms with van der Waals surface area (Å²) in [5, 5.41) is 2.75. The second kappa shape index (κ2) is 5.51. The highest BCUT2D eigenvalue weighted by molar-refractivity contribution is 6.03. The number of benzene rings is 1. The van der Waals surface area contributed by atoms with E-state index in [0.29, 0.717) is 35.0 Å². The van der Waals surface area contributed by atoms with Crippen LogP contribution < -0.4 is 10.1 Å². The average Bonchev–Trinajstić information content (AvgIpc) is 3.01. The van der Waals surface area contributed by atoms with Crippen molar-refractivity contribution >= 4 is 22.7 Å². The molecule has 0 saturated carbocycles. The summed E-state index contributed by atoms with van der Waals surface area (Å²) in [4.78, 5) is 20.4. The minimum Gasteiger partial charge on any atom is -0.450 e. The number of anilines is 1. The van der Waals surface area contributed by atoms with Crippen molar-refractivity contribution in [2.45, 2.75) is 20.8 Å². The molecular weight excluding hydrogens is 286 g/mol. The van der Waals surface area contributed by atoms with Gasteiger partial charge in [0, 0.05) is 12.6 Å². The second-order valence-corrected chi connectivity index (χ2v) is 4.70. The molecular formula is C15H15N3O4. The molecule has 7 nitrogen and oxygen atoms in total. The van der Waals surface area contributed by atoms with E-state index in [9.17, 15) is 4.79 Å². The number of carbonyl (C=O) groups is 1. The molecule has 0 aliphatic heterocycles. The zero-order valence-corrected chi connectivity index (χ0v) is 12.5. The first-order valence-corrected chi connectivity index (χ1v) is 6.85. The molecule has 0 fully saturated rings. The van der Waals surface area contributed by atoms with Crippen LogP contribution in [0.1, 0.15) is 29.1 Å². The zero-order chi connectivity index (χ0) is 15.7. The van der Waals surface area contributed by atoms with Crippen LogP contribution in [0.25, 0.3) is 11.1 Å². The van der Waals surface area contributed by atoms with E-state index in [4.69, 9.17) is 13.6 Å². The molecule has 114 valence electrons. The van der Waals surface area contributed by atoms with Gasteiger partial charge in [-0.1, -0.05) is 0 Å². The summed E-state index contributed by atoms with van der Waals surface area (Å²) >= 11 is 0. The third kappa shape index (κ3) is 2.65. The number of aryl methyl sites for hydroxylation is 2. The van der Waals surface area contributed by atoms with Gasteiger partial charge in [-0.3, -0.25) is 4.79 Å². The number of hydrogen-bond acceptors (Lipinski definition) is 6. The van der Waals surface area contributed by atoms with Gasteiger partial charge in [0.05, 0.1) is 12.3 Å². The zero-order valence-electron chi connectivity index (χ0n) is 12.5. The molecule has 3 rings (SSSR count). The van der Waals surface area contributed by atoms with Crippen LogP contribution in [0.5, 0.6) is 6.08 Å². The normalized spacial score (nSPS) is 10.9. The first kappa shape index (κ1) is 14.1. The number of amides is 1. The van der Waals surface area contributed by atoms with Crippen molar-refractivity contribution in [3.63, 3.8) is 0 Å². The molecule has 7 heteroatoms. The quantitative estimate of drug-likeness (QED) is 0.796. The Labute approximate surface area is 126 Å². The predicted molar refractivity (Wildman–Crippen MR) is 79.1 cm³/mol. The Hall–Kier alpha value is -2.83. The lowest BCUT2D eigenvalue weighted by Gasteiger charge is -2.02. The van der Waals surface area contributed by atoms with Crippen molar-refractivity contribution in [3.8, 4) is 6.08 Å². The van der Waals surface area contributed by atoms with E-state index in [1.807, 2.05) is 6.92 Å². The Morgan fingerprint density at radius 2 is 2.09 bits per heavy atom. The number of ether oxygens (including phenoxy) is 1. The number of aromatic nitrogens is 2. The lowest BCUT2D eigenvalue weighted by molar-refractivity contribution is 0.0994. The van der Waals surface area contributed by atoms with Crippen LogP contribution in [0.3, 0.4) is 0 Å². The highest BCUT2D eigenvalue weighted by Gasteiger charge is 2.16. The average molecular weight is 301 g/mol. The van der Waals surface area contributed by atoms with Crippen molar-refractivity contribution in [2.24, 2.45) is 0 Å². The van der Waals surface area contributed by atoms with Crippen LogP contribution in [-0.4, -0.2) is 22.5 Å². The number of hydrogen-bond donors (Lipinski definition) is 1. The summed E-state index contributed by atoms with van der Waals surface area (Å²) < 4.78 is 15.9. The molecule has 1 amide bonds. The maximum absolute atomic E-state index is 12.2. The Balaban J connectivity index is 1.84. The standard InChI is InChI=1S/C15H15N3O4/c1-4-20-15-18-11-7-10(5-6-12(11)22-15)17-14(19)13-8(2)16-9(3)21-13/h5-7H,4H2,1-3H3,(H,17,19). The first-order chi connectivity index (χ1) is 10.6. The van der Waals surface area contributed by atoms with E-state index in [1.54, 1.807) is 32.0 Å². The molecule has 0 saturated heterocycles. The number of nitrogens with zero attached hydrogens (tertiary/aromatic N) is 2. The van der Waals surface area contributed by atoms with Gasteiger partial charge in [-0.15, -0.1) is 0 Å². The van der Waals surface area contributed by atoms with E-state index in [2.05, 4.69) is 15.3 Å². The summed E-state index contributed by atoms with van der Waals surface area (Å²) in [5.41, 5.74) is 2.33. The lowest BCUT2D eigenvalue weighted by atomic mass is 10.2. The molecule has 1 N–H and O–H groups in total. The van der Waals surface area contributed by atoms with Gasteiger partial charge in [-0.2, -0.15) is 4.98 Å². The van der Waals surface area contributed by atoms with E-state index < -0.39 is 0 Å². The van der Waals surface area contributed by atoms with Crippen molar-refractivity contribution in [2.75, 3.05) is 11.9 Å². The lowest BCUT2D eigenvalue weighted by Crippen LogP contribution is -2.12. The van der Waals surface area contributed by atoms with E-state index in [1.165, 1.54) is 0 Å². The maximum Gasteiger partial charge on any atom is 0.394 e. The van der Waals surface area contributed by atoms with E-state index >= 15 is 0 Å². The van der Waals surface area contributed by atoms with E-state index in [-0.39, 0.29) is 17.7 Å². The molecule has 22 heavy (non-hydrogen) atoms. The van der Waals surface area contributed by atoms with Crippen LogP contribution in [-0.2, 0) is 0 Å². The third-order valence-corrected chi connectivity index (χ3v) is 3.00. The number of fused-ring (bicyclic) bond motifs is 1. The van der Waals surface area contributed by atoms with Crippen LogP contribution in [0.2, 0.25) is 0 Å². The molecule has 3 aromatic rings. The van der Waals surface area contributed by atoms with Crippen molar-refractivity contribution in [1.29, 1.82) is 0 Å². The van der Waals surface area contributed by atoms with Crippen LogP contribution in [0.15, 0.2) is 27.0 Å². The van der Waals surface area contributed by atoms with Crippen molar-refractivity contribution in [1.82, 2.24) is 9.97 Å². The Morgan fingerprint density at radius 1 is 1.27 bits per heavy atom. The molecule has 0 unspecified atom stereocenters. The van der Waals surface area contributed by atoms with Crippen molar-refractivity contribution in [3.05, 3.63) is 35.5 Å². The smallest absolute Gasteiger partial charge is 0.394 e. The van der Waals surface area contributed by atoms with Gasteiger partial charge < -0.3 is 18.9 Å². The molecule has 1 aromatic carbocycles. The van der Waals surface area contributed by atoms with E-state index in [0.717, 1.165) is 0 Å². The fourth-order valence-corrected chi connectivity index (χ4v) is 2.10. The SMILES string of the molecule is CCOc1nc2cc(NC(=O)c3oc(C)nc3C)ccc2o1. The second-order valence-electron chi connectivity index (χ2n) is 4.70. The largest absolute Gasteiger partial charge is 0.450 e. The Morgan fingerprint density at radius 3 is 2.77 bits per heavy atom. The third-order valence-electron chi connectivity index (χ3n) is 3.00. The predicted octanol–water partition coefficient (Wildman–Crippen LogP) is 3.08.